The number of hydrogen-bond donors (Lipinski definition) is 0. The third-order valence-corrected chi connectivity index (χ3v) is 6.88. The number of aryl methyl sites for hydroxylation is 3. The summed E-state index contributed by atoms with van der Waals surface area (Å²) in [6.07, 6.45) is 3.87. The maximum absolute atomic E-state index is 12.7. The Hall–Kier alpha value is -2.13. The van der Waals surface area contributed by atoms with E-state index in [1.165, 1.54) is 0 Å². The van der Waals surface area contributed by atoms with Crippen LogP contribution in [0, 0.1) is 20.8 Å². The van der Waals surface area contributed by atoms with Gasteiger partial charge in [0.2, 0.25) is 5.88 Å². The van der Waals surface area contributed by atoms with E-state index in [2.05, 4.69) is 4.98 Å². The second-order valence-corrected chi connectivity index (χ2v) is 11.5. The molecule has 0 fully saturated rings. The standard InChI is InChI=1S/C21H29NO6S2/c1-8-16(9-2)27-19-17(29(6,23)24)12-22-21(20(19)30(7,25)26)28-18-14(4)10-13(3)11-15(18)5/h10-12,16H,8-9H2,1-7H3. The maximum atomic E-state index is 12.7. The van der Waals surface area contributed by atoms with E-state index in [4.69, 9.17) is 9.47 Å². The smallest absolute Gasteiger partial charge is 0.242 e. The molecule has 1 aromatic carbocycles. The van der Waals surface area contributed by atoms with E-state index >= 15 is 0 Å². The summed E-state index contributed by atoms with van der Waals surface area (Å²) in [6.45, 7) is 9.41. The Bertz CT molecular complexity index is 1130. The lowest BCUT2D eigenvalue weighted by Gasteiger charge is -2.22. The molecule has 2 aromatic rings. The monoisotopic (exact) mass is 455 g/mol. The van der Waals surface area contributed by atoms with Crippen LogP contribution in [-0.2, 0) is 19.7 Å². The van der Waals surface area contributed by atoms with E-state index in [0.717, 1.165) is 35.4 Å². The number of hydrogen-bond acceptors (Lipinski definition) is 7. The van der Waals surface area contributed by atoms with Crippen molar-refractivity contribution in [1.29, 1.82) is 0 Å². The summed E-state index contributed by atoms with van der Waals surface area (Å²) in [5, 5.41) is 0. The van der Waals surface area contributed by atoms with Crippen LogP contribution in [0.15, 0.2) is 28.1 Å². The highest BCUT2D eigenvalue weighted by atomic mass is 32.2. The Morgan fingerprint density at radius 1 is 0.900 bits per heavy atom. The first-order chi connectivity index (χ1) is 13.8. The Morgan fingerprint density at radius 3 is 1.87 bits per heavy atom. The second-order valence-electron chi connectivity index (χ2n) is 7.52. The van der Waals surface area contributed by atoms with Gasteiger partial charge in [0.15, 0.2) is 30.3 Å². The predicted molar refractivity (Wildman–Crippen MR) is 116 cm³/mol. The van der Waals surface area contributed by atoms with Crippen molar-refractivity contribution in [2.24, 2.45) is 0 Å². The van der Waals surface area contributed by atoms with E-state index in [-0.39, 0.29) is 27.5 Å². The summed E-state index contributed by atoms with van der Waals surface area (Å²) in [5.41, 5.74) is 2.66. The van der Waals surface area contributed by atoms with Crippen molar-refractivity contribution in [2.45, 2.75) is 63.4 Å². The number of ether oxygens (including phenoxy) is 2. The zero-order valence-electron chi connectivity index (χ0n) is 18.4. The normalized spacial score (nSPS) is 12.3. The molecular weight excluding hydrogens is 426 g/mol. The van der Waals surface area contributed by atoms with Gasteiger partial charge in [0.25, 0.3) is 0 Å². The molecule has 0 amide bonds. The Kier molecular flexibility index (Phi) is 7.19. The third kappa shape index (κ3) is 5.31. The largest absolute Gasteiger partial charge is 0.487 e. The molecule has 0 spiro atoms. The van der Waals surface area contributed by atoms with Gasteiger partial charge >= 0.3 is 0 Å². The van der Waals surface area contributed by atoms with E-state index in [1.807, 2.05) is 46.8 Å². The van der Waals surface area contributed by atoms with Crippen molar-refractivity contribution in [3.63, 3.8) is 0 Å². The molecule has 0 N–H and O–H groups in total. The van der Waals surface area contributed by atoms with Gasteiger partial charge < -0.3 is 9.47 Å². The quantitative estimate of drug-likeness (QED) is 0.589. The van der Waals surface area contributed by atoms with Crippen LogP contribution >= 0.6 is 0 Å². The van der Waals surface area contributed by atoms with Crippen molar-refractivity contribution in [1.82, 2.24) is 4.98 Å². The molecule has 1 aromatic heterocycles. The lowest BCUT2D eigenvalue weighted by atomic mass is 10.1. The number of aromatic nitrogens is 1. The molecule has 0 saturated heterocycles. The fourth-order valence-electron chi connectivity index (χ4n) is 3.27. The first kappa shape index (κ1) is 24.1. The Labute approximate surface area is 179 Å². The predicted octanol–water partition coefficient (Wildman–Crippen LogP) is 4.17. The Morgan fingerprint density at radius 2 is 1.43 bits per heavy atom. The minimum absolute atomic E-state index is 0.207. The molecule has 0 atom stereocenters. The molecule has 166 valence electrons. The molecular formula is C21H29NO6S2. The number of benzene rings is 1. The van der Waals surface area contributed by atoms with Crippen molar-refractivity contribution < 1.29 is 26.3 Å². The van der Waals surface area contributed by atoms with Gasteiger partial charge in [-0.15, -0.1) is 0 Å². The van der Waals surface area contributed by atoms with Gasteiger partial charge in [0.1, 0.15) is 10.6 Å². The molecule has 0 aliphatic rings. The van der Waals surface area contributed by atoms with Gasteiger partial charge in [-0.05, 0) is 44.7 Å². The van der Waals surface area contributed by atoms with Crippen LogP contribution in [0.5, 0.6) is 17.4 Å². The maximum Gasteiger partial charge on any atom is 0.242 e. The highest BCUT2D eigenvalue weighted by Crippen LogP contribution is 2.41. The van der Waals surface area contributed by atoms with Gasteiger partial charge in [-0.1, -0.05) is 31.5 Å². The molecule has 0 unspecified atom stereocenters. The SMILES string of the molecule is CCC(CC)Oc1c(S(C)(=O)=O)cnc(Oc2c(C)cc(C)cc2C)c1S(C)(=O)=O. The van der Waals surface area contributed by atoms with Crippen molar-refractivity contribution >= 4 is 19.7 Å². The van der Waals surface area contributed by atoms with Crippen LogP contribution in [0.2, 0.25) is 0 Å². The van der Waals surface area contributed by atoms with Gasteiger partial charge in [0, 0.05) is 12.5 Å². The zero-order valence-corrected chi connectivity index (χ0v) is 20.1. The molecule has 0 saturated carbocycles. The number of nitrogens with zero attached hydrogens (tertiary/aromatic N) is 1. The molecule has 7 nitrogen and oxygen atoms in total. The number of sulfone groups is 2. The fraction of sp³-hybridized carbons (Fsp3) is 0.476. The van der Waals surface area contributed by atoms with Crippen LogP contribution in [0.25, 0.3) is 0 Å². The molecule has 0 bridgehead atoms. The van der Waals surface area contributed by atoms with Crippen LogP contribution in [0.1, 0.15) is 43.4 Å². The van der Waals surface area contributed by atoms with Crippen LogP contribution in [-0.4, -0.2) is 40.4 Å². The van der Waals surface area contributed by atoms with Crippen LogP contribution in [0.4, 0.5) is 0 Å². The van der Waals surface area contributed by atoms with Crippen LogP contribution in [0.3, 0.4) is 0 Å². The fourth-order valence-corrected chi connectivity index (χ4v) is 4.97. The minimum atomic E-state index is -3.94. The Balaban J connectivity index is 2.83. The van der Waals surface area contributed by atoms with E-state index in [9.17, 15) is 16.8 Å². The molecule has 0 aliphatic heterocycles. The first-order valence-corrected chi connectivity index (χ1v) is 13.4. The van der Waals surface area contributed by atoms with E-state index < -0.39 is 19.7 Å². The highest BCUT2D eigenvalue weighted by molar-refractivity contribution is 7.91. The summed E-state index contributed by atoms with van der Waals surface area (Å²) in [5.74, 6) is 0.0283. The summed E-state index contributed by atoms with van der Waals surface area (Å²) < 4.78 is 62.0. The molecule has 9 heteroatoms. The molecule has 2 rings (SSSR count). The van der Waals surface area contributed by atoms with Crippen LogP contribution < -0.4 is 9.47 Å². The van der Waals surface area contributed by atoms with E-state index in [0.29, 0.717) is 18.6 Å². The molecule has 30 heavy (non-hydrogen) atoms. The van der Waals surface area contributed by atoms with Crippen molar-refractivity contribution in [3.8, 4) is 17.4 Å². The molecule has 0 aliphatic carbocycles. The lowest BCUT2D eigenvalue weighted by Crippen LogP contribution is -2.19. The summed E-state index contributed by atoms with van der Waals surface area (Å²) in [7, 11) is -7.74. The second kappa shape index (κ2) is 8.93. The highest BCUT2D eigenvalue weighted by Gasteiger charge is 2.31. The van der Waals surface area contributed by atoms with Gasteiger partial charge in [-0.3, -0.25) is 0 Å². The van der Waals surface area contributed by atoms with Crippen molar-refractivity contribution in [3.05, 3.63) is 35.0 Å². The molecule has 0 radical (unpaired) electrons. The average Bonchev–Trinajstić information content (AvgIpc) is 2.60. The van der Waals surface area contributed by atoms with Gasteiger partial charge in [-0.25, -0.2) is 21.8 Å². The summed E-state index contributed by atoms with van der Waals surface area (Å²) in [6, 6.07) is 3.82. The van der Waals surface area contributed by atoms with E-state index in [1.54, 1.807) is 0 Å². The summed E-state index contributed by atoms with van der Waals surface area (Å²) >= 11 is 0. The average molecular weight is 456 g/mol. The third-order valence-electron chi connectivity index (χ3n) is 4.69. The van der Waals surface area contributed by atoms with Gasteiger partial charge in [0.05, 0.1) is 12.3 Å². The topological polar surface area (TPSA) is 99.6 Å². The lowest BCUT2D eigenvalue weighted by molar-refractivity contribution is 0.180. The zero-order chi connectivity index (χ0) is 22.9. The summed E-state index contributed by atoms with van der Waals surface area (Å²) in [4.78, 5) is 3.43. The molecule has 1 heterocycles. The number of rotatable bonds is 8. The number of pyridine rings is 1. The van der Waals surface area contributed by atoms with Crippen molar-refractivity contribution in [2.75, 3.05) is 12.5 Å². The van der Waals surface area contributed by atoms with Gasteiger partial charge in [-0.2, -0.15) is 0 Å². The first-order valence-electron chi connectivity index (χ1n) is 9.65. The minimum Gasteiger partial charge on any atom is -0.487 e.